The first-order valence-electron chi connectivity index (χ1n) is 6.41. The summed E-state index contributed by atoms with van der Waals surface area (Å²) in [6.07, 6.45) is 0.912. The van der Waals surface area contributed by atoms with E-state index in [1.807, 2.05) is 32.0 Å². The van der Waals surface area contributed by atoms with Gasteiger partial charge in [-0.25, -0.2) is 9.21 Å². The van der Waals surface area contributed by atoms with E-state index in [4.69, 9.17) is 11.8 Å². The number of amides is 3. The van der Waals surface area contributed by atoms with Crippen molar-refractivity contribution in [2.75, 3.05) is 6.54 Å². The zero-order chi connectivity index (χ0) is 14.0. The SMILES string of the molecule is CCC(C)CN1C(=O)C(c2ccccc2)N(Cl)C1=O. The minimum atomic E-state index is -0.709. The van der Waals surface area contributed by atoms with Crippen LogP contribution in [0.2, 0.25) is 0 Å². The van der Waals surface area contributed by atoms with Gasteiger partial charge >= 0.3 is 6.03 Å². The molecular weight excluding hydrogens is 264 g/mol. The van der Waals surface area contributed by atoms with Crippen LogP contribution in [0, 0.1) is 5.92 Å². The molecule has 1 aliphatic rings. The molecule has 0 N–H and O–H groups in total. The topological polar surface area (TPSA) is 40.6 Å². The monoisotopic (exact) mass is 280 g/mol. The Morgan fingerprint density at radius 2 is 1.89 bits per heavy atom. The molecule has 1 heterocycles. The van der Waals surface area contributed by atoms with Gasteiger partial charge in [0, 0.05) is 18.3 Å². The number of hydrogen-bond donors (Lipinski definition) is 0. The van der Waals surface area contributed by atoms with E-state index in [1.54, 1.807) is 12.1 Å². The summed E-state index contributed by atoms with van der Waals surface area (Å²) < 4.78 is 1.00. The third kappa shape index (κ3) is 2.59. The average Bonchev–Trinajstić information content (AvgIpc) is 2.63. The number of imide groups is 1. The molecule has 2 rings (SSSR count). The van der Waals surface area contributed by atoms with E-state index in [9.17, 15) is 9.59 Å². The van der Waals surface area contributed by atoms with E-state index in [1.165, 1.54) is 4.90 Å². The minimum absolute atomic E-state index is 0.244. The third-order valence-corrected chi connectivity index (χ3v) is 3.79. The Morgan fingerprint density at radius 3 is 2.47 bits per heavy atom. The van der Waals surface area contributed by atoms with Crippen molar-refractivity contribution in [2.24, 2.45) is 5.92 Å². The maximum Gasteiger partial charge on any atom is 0.342 e. The Hall–Kier alpha value is -1.55. The number of halogens is 1. The normalized spacial score (nSPS) is 21.1. The molecule has 19 heavy (non-hydrogen) atoms. The van der Waals surface area contributed by atoms with Crippen LogP contribution in [0.5, 0.6) is 0 Å². The second kappa shape index (κ2) is 5.61. The zero-order valence-electron chi connectivity index (χ0n) is 11.0. The predicted molar refractivity (Wildman–Crippen MR) is 73.4 cm³/mol. The summed E-state index contributed by atoms with van der Waals surface area (Å²) in [6.45, 7) is 4.46. The summed E-state index contributed by atoms with van der Waals surface area (Å²) in [4.78, 5) is 25.7. The quantitative estimate of drug-likeness (QED) is 0.628. The minimum Gasteiger partial charge on any atom is -0.271 e. The van der Waals surface area contributed by atoms with Crippen molar-refractivity contribution < 1.29 is 9.59 Å². The van der Waals surface area contributed by atoms with Gasteiger partial charge in [-0.05, 0) is 11.5 Å². The molecule has 1 aromatic rings. The fraction of sp³-hybridized carbons (Fsp3) is 0.429. The van der Waals surface area contributed by atoms with Gasteiger partial charge in [0.15, 0.2) is 6.04 Å². The molecule has 1 aliphatic heterocycles. The fourth-order valence-corrected chi connectivity index (χ4v) is 2.37. The Morgan fingerprint density at radius 1 is 1.26 bits per heavy atom. The van der Waals surface area contributed by atoms with E-state index in [0.29, 0.717) is 6.54 Å². The summed E-state index contributed by atoms with van der Waals surface area (Å²) in [5, 5.41) is 0. The Balaban J connectivity index is 2.24. The summed E-state index contributed by atoms with van der Waals surface area (Å²) >= 11 is 6.00. The lowest BCUT2D eigenvalue weighted by molar-refractivity contribution is -0.128. The van der Waals surface area contributed by atoms with Crippen molar-refractivity contribution in [2.45, 2.75) is 26.3 Å². The highest BCUT2D eigenvalue weighted by Crippen LogP contribution is 2.33. The number of nitrogens with zero attached hydrogens (tertiary/aromatic N) is 2. The summed E-state index contributed by atoms with van der Waals surface area (Å²) in [5.41, 5.74) is 0.738. The lowest BCUT2D eigenvalue weighted by atomic mass is 10.1. The first kappa shape index (κ1) is 13.9. The van der Waals surface area contributed by atoms with Crippen LogP contribution in [0.4, 0.5) is 4.79 Å². The van der Waals surface area contributed by atoms with Gasteiger partial charge in [0.2, 0.25) is 0 Å². The standard InChI is InChI=1S/C14H17ClN2O2/c1-3-10(2)9-16-13(18)12(17(15)14(16)19)11-7-5-4-6-8-11/h4-8,10,12H,3,9H2,1-2H3. The molecule has 1 fully saturated rings. The predicted octanol–water partition coefficient (Wildman–Crippen LogP) is 3.19. The van der Waals surface area contributed by atoms with Crippen LogP contribution in [-0.4, -0.2) is 27.8 Å². The molecule has 1 aromatic carbocycles. The Bertz CT molecular complexity index is 478. The Kier molecular flexibility index (Phi) is 4.10. The van der Waals surface area contributed by atoms with Crippen LogP contribution in [0.25, 0.3) is 0 Å². The molecule has 0 aromatic heterocycles. The van der Waals surface area contributed by atoms with Gasteiger partial charge in [-0.1, -0.05) is 50.6 Å². The molecule has 2 atom stereocenters. The largest absolute Gasteiger partial charge is 0.342 e. The van der Waals surface area contributed by atoms with Crippen molar-refractivity contribution in [3.05, 3.63) is 35.9 Å². The van der Waals surface area contributed by atoms with Gasteiger partial charge in [0.05, 0.1) is 0 Å². The van der Waals surface area contributed by atoms with Gasteiger partial charge < -0.3 is 0 Å². The number of carbonyl (C=O) groups is 2. The van der Waals surface area contributed by atoms with Gasteiger partial charge in [-0.3, -0.25) is 9.69 Å². The Labute approximate surface area is 118 Å². The van der Waals surface area contributed by atoms with Gasteiger partial charge in [0.25, 0.3) is 5.91 Å². The highest BCUT2D eigenvalue weighted by molar-refractivity contribution is 6.27. The smallest absolute Gasteiger partial charge is 0.271 e. The summed E-state index contributed by atoms with van der Waals surface area (Å²) in [7, 11) is 0. The highest BCUT2D eigenvalue weighted by atomic mass is 35.5. The van der Waals surface area contributed by atoms with Crippen LogP contribution in [-0.2, 0) is 4.79 Å². The maximum absolute atomic E-state index is 12.4. The molecule has 5 heteroatoms. The molecule has 0 bridgehead atoms. The second-order valence-corrected chi connectivity index (χ2v) is 5.23. The molecule has 3 amide bonds. The fourth-order valence-electron chi connectivity index (χ4n) is 2.08. The van der Waals surface area contributed by atoms with E-state index in [-0.39, 0.29) is 11.8 Å². The summed E-state index contributed by atoms with van der Waals surface area (Å²) in [6, 6.07) is 7.99. The van der Waals surface area contributed by atoms with Crippen LogP contribution in [0.3, 0.4) is 0 Å². The van der Waals surface area contributed by atoms with E-state index < -0.39 is 12.1 Å². The lowest BCUT2D eigenvalue weighted by Crippen LogP contribution is -2.34. The lowest BCUT2D eigenvalue weighted by Gasteiger charge is -2.16. The van der Waals surface area contributed by atoms with Gasteiger partial charge in [-0.15, -0.1) is 0 Å². The number of hydrogen-bond acceptors (Lipinski definition) is 2. The molecule has 1 saturated heterocycles. The van der Waals surface area contributed by atoms with Crippen molar-refractivity contribution in [1.82, 2.24) is 9.32 Å². The molecule has 0 saturated carbocycles. The first-order valence-corrected chi connectivity index (χ1v) is 6.75. The van der Waals surface area contributed by atoms with Crippen LogP contribution < -0.4 is 0 Å². The van der Waals surface area contributed by atoms with Crippen LogP contribution in [0.1, 0.15) is 31.9 Å². The van der Waals surface area contributed by atoms with Gasteiger partial charge in [-0.2, -0.15) is 0 Å². The van der Waals surface area contributed by atoms with Gasteiger partial charge in [0.1, 0.15) is 0 Å². The molecule has 4 nitrogen and oxygen atoms in total. The van der Waals surface area contributed by atoms with E-state index in [2.05, 4.69) is 0 Å². The second-order valence-electron chi connectivity index (χ2n) is 4.87. The van der Waals surface area contributed by atoms with Crippen molar-refractivity contribution >= 4 is 23.7 Å². The number of benzene rings is 1. The first-order chi connectivity index (χ1) is 9.06. The molecule has 2 unspecified atom stereocenters. The molecular formula is C14H17ClN2O2. The van der Waals surface area contributed by atoms with Crippen molar-refractivity contribution in [3.8, 4) is 0 Å². The van der Waals surface area contributed by atoms with E-state index >= 15 is 0 Å². The maximum atomic E-state index is 12.4. The molecule has 0 aliphatic carbocycles. The third-order valence-electron chi connectivity index (χ3n) is 3.45. The van der Waals surface area contributed by atoms with E-state index in [0.717, 1.165) is 16.4 Å². The van der Waals surface area contributed by atoms with Crippen LogP contribution >= 0.6 is 11.8 Å². The van der Waals surface area contributed by atoms with Crippen LogP contribution in [0.15, 0.2) is 30.3 Å². The molecule has 102 valence electrons. The zero-order valence-corrected chi connectivity index (χ0v) is 11.8. The number of rotatable bonds is 4. The molecule has 0 radical (unpaired) electrons. The highest BCUT2D eigenvalue weighted by Gasteiger charge is 2.45. The number of carbonyl (C=O) groups excluding carboxylic acids is 2. The number of urea groups is 1. The van der Waals surface area contributed by atoms with Crippen molar-refractivity contribution in [1.29, 1.82) is 0 Å². The molecule has 0 spiro atoms. The summed E-state index contributed by atoms with van der Waals surface area (Å²) in [5.74, 6) is 0.0268. The van der Waals surface area contributed by atoms with Crippen molar-refractivity contribution in [3.63, 3.8) is 0 Å². The average molecular weight is 281 g/mol.